The van der Waals surface area contributed by atoms with Crippen molar-refractivity contribution in [3.63, 3.8) is 0 Å². The molecule has 0 amide bonds. The molecule has 0 aliphatic heterocycles. The van der Waals surface area contributed by atoms with Gasteiger partial charge in [0.2, 0.25) is 0 Å². The molecule has 2 fully saturated rings. The fourth-order valence-corrected chi connectivity index (χ4v) is 5.24. The third-order valence-electron chi connectivity index (χ3n) is 6.93. The second kappa shape index (κ2) is 5.79. The fourth-order valence-electron chi connectivity index (χ4n) is 5.24. The van der Waals surface area contributed by atoms with Gasteiger partial charge in [-0.25, -0.2) is 0 Å². The molecule has 2 heteroatoms. The van der Waals surface area contributed by atoms with Gasteiger partial charge in [0.15, 0.2) is 0 Å². The van der Waals surface area contributed by atoms with Crippen molar-refractivity contribution in [2.45, 2.75) is 77.9 Å². The number of hydrogen-bond donors (Lipinski definition) is 2. The fraction of sp³-hybridized carbons (Fsp3) is 0.800. The predicted octanol–water partition coefficient (Wildman–Crippen LogP) is 4.47. The van der Waals surface area contributed by atoms with E-state index in [1.807, 2.05) is 6.92 Å². The first kappa shape index (κ1) is 17.7. The highest BCUT2D eigenvalue weighted by Gasteiger charge is 2.55. The second-order valence-corrected chi connectivity index (χ2v) is 8.78. The van der Waals surface area contributed by atoms with Crippen LogP contribution in [0.2, 0.25) is 0 Å². The van der Waals surface area contributed by atoms with Gasteiger partial charge in [-0.2, -0.15) is 0 Å². The normalized spacial score (nSPS) is 40.6. The lowest BCUT2D eigenvalue weighted by molar-refractivity contribution is -0.126. The van der Waals surface area contributed by atoms with E-state index in [-0.39, 0.29) is 16.9 Å². The Morgan fingerprint density at radius 3 is 2.55 bits per heavy atom. The predicted molar refractivity (Wildman–Crippen MR) is 92.5 cm³/mol. The van der Waals surface area contributed by atoms with Crippen LogP contribution in [-0.4, -0.2) is 21.9 Å². The van der Waals surface area contributed by atoms with Gasteiger partial charge in [0.05, 0.1) is 11.7 Å². The maximum atomic E-state index is 10.5. The molecule has 0 saturated heterocycles. The van der Waals surface area contributed by atoms with Gasteiger partial charge in [-0.3, -0.25) is 0 Å². The summed E-state index contributed by atoms with van der Waals surface area (Å²) in [6.07, 6.45) is 7.25. The van der Waals surface area contributed by atoms with Gasteiger partial charge in [-0.1, -0.05) is 39.0 Å². The van der Waals surface area contributed by atoms with E-state index in [9.17, 15) is 10.2 Å². The Labute approximate surface area is 136 Å². The molecule has 0 bridgehead atoms. The van der Waals surface area contributed by atoms with Crippen molar-refractivity contribution in [1.29, 1.82) is 0 Å². The minimum Gasteiger partial charge on any atom is -0.393 e. The zero-order valence-corrected chi connectivity index (χ0v) is 14.9. The summed E-state index contributed by atoms with van der Waals surface area (Å²) in [6.45, 7) is 16.8. The standard InChI is InChI=1S/C20H34O2/c1-7-19(5,22)12-10-15-14(2)8-9-16-18(3,4)17(21)11-13-20(15,16)6/h7,15-17,21-22H,1-2,8-13H2,3-6H3. The van der Waals surface area contributed by atoms with Crippen molar-refractivity contribution in [3.05, 3.63) is 24.8 Å². The van der Waals surface area contributed by atoms with Crippen molar-refractivity contribution in [1.82, 2.24) is 0 Å². The van der Waals surface area contributed by atoms with E-state index in [0.29, 0.717) is 11.8 Å². The summed E-state index contributed by atoms with van der Waals surface area (Å²) >= 11 is 0. The van der Waals surface area contributed by atoms with E-state index in [2.05, 4.69) is 33.9 Å². The molecular weight excluding hydrogens is 272 g/mol. The Hall–Kier alpha value is -0.600. The smallest absolute Gasteiger partial charge is 0.0797 e. The number of hydrogen-bond acceptors (Lipinski definition) is 2. The van der Waals surface area contributed by atoms with Gasteiger partial charge in [-0.05, 0) is 68.1 Å². The van der Waals surface area contributed by atoms with Crippen LogP contribution in [0.4, 0.5) is 0 Å². The lowest BCUT2D eigenvalue weighted by Gasteiger charge is -2.59. The first-order chi connectivity index (χ1) is 10.0. The lowest BCUT2D eigenvalue weighted by Crippen LogP contribution is -2.54. The molecule has 5 atom stereocenters. The van der Waals surface area contributed by atoms with Crippen molar-refractivity contribution in [2.75, 3.05) is 0 Å². The van der Waals surface area contributed by atoms with E-state index in [1.165, 1.54) is 5.57 Å². The summed E-state index contributed by atoms with van der Waals surface area (Å²) < 4.78 is 0. The zero-order chi connectivity index (χ0) is 16.8. The minimum absolute atomic E-state index is 0.0348. The molecule has 2 N–H and O–H groups in total. The highest BCUT2D eigenvalue weighted by atomic mass is 16.3. The van der Waals surface area contributed by atoms with Gasteiger partial charge in [0.25, 0.3) is 0 Å². The van der Waals surface area contributed by atoms with Crippen molar-refractivity contribution in [3.8, 4) is 0 Å². The lowest BCUT2D eigenvalue weighted by atomic mass is 9.46. The molecule has 2 aliphatic carbocycles. The number of allylic oxidation sites excluding steroid dienone is 1. The van der Waals surface area contributed by atoms with E-state index in [0.717, 1.165) is 38.5 Å². The molecule has 126 valence electrons. The molecule has 0 aromatic carbocycles. The Morgan fingerprint density at radius 2 is 1.95 bits per heavy atom. The monoisotopic (exact) mass is 306 g/mol. The summed E-state index contributed by atoms with van der Waals surface area (Å²) in [7, 11) is 0. The van der Waals surface area contributed by atoms with E-state index in [1.54, 1.807) is 6.08 Å². The molecule has 5 unspecified atom stereocenters. The molecule has 0 radical (unpaired) electrons. The number of aliphatic hydroxyl groups is 2. The molecule has 2 saturated carbocycles. The van der Waals surface area contributed by atoms with Gasteiger partial charge < -0.3 is 10.2 Å². The van der Waals surface area contributed by atoms with Crippen LogP contribution in [0.1, 0.15) is 66.2 Å². The first-order valence-electron chi connectivity index (χ1n) is 8.76. The van der Waals surface area contributed by atoms with Crippen LogP contribution in [0.15, 0.2) is 24.8 Å². The Kier molecular flexibility index (Phi) is 4.68. The third-order valence-corrected chi connectivity index (χ3v) is 6.93. The quantitative estimate of drug-likeness (QED) is 0.752. The molecule has 0 heterocycles. The van der Waals surface area contributed by atoms with Crippen LogP contribution in [-0.2, 0) is 0 Å². The summed E-state index contributed by atoms with van der Waals surface area (Å²) in [5.41, 5.74) is 0.695. The highest BCUT2D eigenvalue weighted by molar-refractivity contribution is 5.17. The zero-order valence-electron chi connectivity index (χ0n) is 14.9. The molecule has 0 spiro atoms. The van der Waals surface area contributed by atoms with Gasteiger partial charge in [0.1, 0.15) is 0 Å². The van der Waals surface area contributed by atoms with Crippen molar-refractivity contribution in [2.24, 2.45) is 22.7 Å². The maximum absolute atomic E-state index is 10.5. The van der Waals surface area contributed by atoms with Crippen LogP contribution in [0, 0.1) is 22.7 Å². The van der Waals surface area contributed by atoms with Gasteiger partial charge in [0, 0.05) is 0 Å². The Balaban J connectivity index is 2.25. The molecule has 0 aromatic rings. The largest absolute Gasteiger partial charge is 0.393 e. The van der Waals surface area contributed by atoms with E-state index < -0.39 is 5.60 Å². The average Bonchev–Trinajstić information content (AvgIpc) is 2.42. The van der Waals surface area contributed by atoms with Gasteiger partial charge in [-0.15, -0.1) is 6.58 Å². The topological polar surface area (TPSA) is 40.5 Å². The molecule has 0 aromatic heterocycles. The Bertz CT molecular complexity index is 449. The summed E-state index contributed by atoms with van der Waals surface area (Å²) in [5.74, 6) is 0.956. The summed E-state index contributed by atoms with van der Waals surface area (Å²) in [6, 6.07) is 0. The van der Waals surface area contributed by atoms with E-state index in [4.69, 9.17) is 0 Å². The molecular formula is C20H34O2. The number of rotatable bonds is 4. The first-order valence-corrected chi connectivity index (χ1v) is 8.76. The third kappa shape index (κ3) is 2.92. The summed E-state index contributed by atoms with van der Waals surface area (Å²) in [5, 5.41) is 20.7. The minimum atomic E-state index is -0.798. The second-order valence-electron chi connectivity index (χ2n) is 8.78. The highest BCUT2D eigenvalue weighted by Crippen LogP contribution is 2.61. The maximum Gasteiger partial charge on any atom is 0.0797 e. The van der Waals surface area contributed by atoms with Crippen LogP contribution < -0.4 is 0 Å². The summed E-state index contributed by atoms with van der Waals surface area (Å²) in [4.78, 5) is 0. The van der Waals surface area contributed by atoms with Gasteiger partial charge >= 0.3 is 0 Å². The SMILES string of the molecule is C=CC(C)(O)CCC1C(=C)CCC2C(C)(C)C(O)CCC12C. The van der Waals surface area contributed by atoms with Crippen LogP contribution in [0.3, 0.4) is 0 Å². The molecule has 2 aliphatic rings. The van der Waals surface area contributed by atoms with Crippen LogP contribution in [0.5, 0.6) is 0 Å². The van der Waals surface area contributed by atoms with E-state index >= 15 is 0 Å². The molecule has 2 rings (SSSR count). The van der Waals surface area contributed by atoms with Crippen LogP contribution >= 0.6 is 0 Å². The van der Waals surface area contributed by atoms with Crippen LogP contribution in [0.25, 0.3) is 0 Å². The Morgan fingerprint density at radius 1 is 1.32 bits per heavy atom. The number of fused-ring (bicyclic) bond motifs is 1. The van der Waals surface area contributed by atoms with Crippen molar-refractivity contribution >= 4 is 0 Å². The molecule has 22 heavy (non-hydrogen) atoms. The average molecular weight is 306 g/mol. The molecule has 2 nitrogen and oxygen atoms in total. The number of aliphatic hydroxyl groups excluding tert-OH is 1. The van der Waals surface area contributed by atoms with Crippen molar-refractivity contribution < 1.29 is 10.2 Å².